The summed E-state index contributed by atoms with van der Waals surface area (Å²) in [6, 6.07) is 11.2. The van der Waals surface area contributed by atoms with E-state index in [0.29, 0.717) is 11.4 Å². The summed E-state index contributed by atoms with van der Waals surface area (Å²) < 4.78 is 50.2. The Labute approximate surface area is 162 Å². The molecule has 0 radical (unpaired) electrons. The lowest BCUT2D eigenvalue weighted by Crippen LogP contribution is -2.35. The van der Waals surface area contributed by atoms with Gasteiger partial charge in [0.1, 0.15) is 0 Å². The fourth-order valence-electron chi connectivity index (χ4n) is 2.73. The number of benzene rings is 2. The Balaban J connectivity index is 1.73. The standard InChI is InChI=1S/C17H17ClN2O5S2/c18-13-4-6-16(7-5-13)27(24,25)20-14-3-1-2-12(10-14)17(21)19-15-8-9-26(22,23)11-15/h1-7,10,15,20H,8-9,11H2,(H,19,21)/t15-/m0/s1. The number of hydrogen-bond donors (Lipinski definition) is 2. The molecule has 1 atom stereocenters. The zero-order valence-corrected chi connectivity index (χ0v) is 16.4. The number of rotatable bonds is 5. The van der Waals surface area contributed by atoms with Crippen molar-refractivity contribution in [2.45, 2.75) is 17.4 Å². The maximum absolute atomic E-state index is 12.4. The van der Waals surface area contributed by atoms with Gasteiger partial charge in [0, 0.05) is 22.3 Å². The minimum Gasteiger partial charge on any atom is -0.348 e. The van der Waals surface area contributed by atoms with Crippen molar-refractivity contribution in [3.05, 3.63) is 59.1 Å². The first-order valence-corrected chi connectivity index (χ1v) is 11.7. The van der Waals surface area contributed by atoms with E-state index in [1.807, 2.05) is 0 Å². The van der Waals surface area contributed by atoms with Gasteiger partial charge in [-0.2, -0.15) is 0 Å². The lowest BCUT2D eigenvalue weighted by Gasteiger charge is -2.12. The summed E-state index contributed by atoms with van der Waals surface area (Å²) in [5, 5.41) is 3.09. The summed E-state index contributed by atoms with van der Waals surface area (Å²) in [6.07, 6.45) is 0.372. The quantitative estimate of drug-likeness (QED) is 0.757. The van der Waals surface area contributed by atoms with Crippen LogP contribution in [0.25, 0.3) is 0 Å². The number of carbonyl (C=O) groups is 1. The molecular weight excluding hydrogens is 412 g/mol. The zero-order valence-electron chi connectivity index (χ0n) is 14.1. The molecule has 27 heavy (non-hydrogen) atoms. The van der Waals surface area contributed by atoms with Crippen molar-refractivity contribution in [2.75, 3.05) is 16.2 Å². The summed E-state index contributed by atoms with van der Waals surface area (Å²) >= 11 is 5.77. The Bertz CT molecular complexity index is 1070. The van der Waals surface area contributed by atoms with Crippen LogP contribution in [0, 0.1) is 0 Å². The summed E-state index contributed by atoms with van der Waals surface area (Å²) in [5.74, 6) is -0.481. The smallest absolute Gasteiger partial charge is 0.261 e. The predicted molar refractivity (Wildman–Crippen MR) is 103 cm³/mol. The minimum absolute atomic E-state index is 0.0397. The molecule has 2 N–H and O–H groups in total. The van der Waals surface area contributed by atoms with Crippen molar-refractivity contribution in [3.8, 4) is 0 Å². The highest BCUT2D eigenvalue weighted by atomic mass is 35.5. The van der Waals surface area contributed by atoms with Crippen LogP contribution in [0.1, 0.15) is 16.8 Å². The second-order valence-electron chi connectivity index (χ2n) is 6.21. The molecule has 1 fully saturated rings. The monoisotopic (exact) mass is 428 g/mol. The van der Waals surface area contributed by atoms with Gasteiger partial charge in [-0.25, -0.2) is 16.8 Å². The number of halogens is 1. The van der Waals surface area contributed by atoms with Crippen LogP contribution in [0.3, 0.4) is 0 Å². The third-order valence-electron chi connectivity index (χ3n) is 4.07. The van der Waals surface area contributed by atoms with E-state index in [-0.39, 0.29) is 27.7 Å². The van der Waals surface area contributed by atoms with Crippen LogP contribution in [-0.2, 0) is 19.9 Å². The Kier molecular flexibility index (Phi) is 5.45. The third-order valence-corrected chi connectivity index (χ3v) is 7.49. The van der Waals surface area contributed by atoms with Crippen LogP contribution in [0.5, 0.6) is 0 Å². The van der Waals surface area contributed by atoms with E-state index < -0.39 is 31.8 Å². The van der Waals surface area contributed by atoms with Crippen molar-refractivity contribution in [2.24, 2.45) is 0 Å². The molecule has 1 amide bonds. The average molecular weight is 429 g/mol. The zero-order chi connectivity index (χ0) is 19.7. The SMILES string of the molecule is O=C(N[C@H]1CCS(=O)(=O)C1)c1cccc(NS(=O)(=O)c2ccc(Cl)cc2)c1. The van der Waals surface area contributed by atoms with Crippen molar-refractivity contribution < 1.29 is 21.6 Å². The topological polar surface area (TPSA) is 109 Å². The highest BCUT2D eigenvalue weighted by molar-refractivity contribution is 7.92. The lowest BCUT2D eigenvalue weighted by atomic mass is 10.1. The summed E-state index contributed by atoms with van der Waals surface area (Å²) in [7, 11) is -6.93. The molecule has 0 bridgehead atoms. The minimum atomic E-state index is -3.83. The van der Waals surface area contributed by atoms with Crippen LogP contribution in [0.4, 0.5) is 5.69 Å². The fraction of sp³-hybridized carbons (Fsp3) is 0.235. The Morgan fingerprint density at radius 1 is 1.11 bits per heavy atom. The molecule has 1 aliphatic heterocycles. The Morgan fingerprint density at radius 3 is 2.44 bits per heavy atom. The molecule has 2 aromatic rings. The van der Waals surface area contributed by atoms with Gasteiger partial charge in [0.15, 0.2) is 9.84 Å². The van der Waals surface area contributed by atoms with Crippen molar-refractivity contribution in [1.29, 1.82) is 0 Å². The molecule has 2 aromatic carbocycles. The number of nitrogens with one attached hydrogen (secondary N) is 2. The van der Waals surface area contributed by atoms with Gasteiger partial charge < -0.3 is 5.32 Å². The Morgan fingerprint density at radius 2 is 1.81 bits per heavy atom. The van der Waals surface area contributed by atoms with E-state index in [4.69, 9.17) is 11.6 Å². The first-order chi connectivity index (χ1) is 12.6. The molecule has 1 heterocycles. The molecule has 10 heteroatoms. The fourth-order valence-corrected chi connectivity index (χ4v) is 5.58. The van der Waals surface area contributed by atoms with Crippen LogP contribution >= 0.6 is 11.6 Å². The predicted octanol–water partition coefficient (Wildman–Crippen LogP) is 2.06. The number of sulfonamides is 1. The molecule has 0 saturated carbocycles. The number of hydrogen-bond acceptors (Lipinski definition) is 5. The first-order valence-electron chi connectivity index (χ1n) is 8.04. The van der Waals surface area contributed by atoms with Crippen LogP contribution in [-0.4, -0.2) is 40.3 Å². The van der Waals surface area contributed by atoms with Gasteiger partial charge in [0.2, 0.25) is 0 Å². The van der Waals surface area contributed by atoms with Gasteiger partial charge in [0.25, 0.3) is 15.9 Å². The molecule has 0 aliphatic carbocycles. The number of carbonyl (C=O) groups excluding carboxylic acids is 1. The second kappa shape index (κ2) is 7.49. The first kappa shape index (κ1) is 19.7. The molecular formula is C17H17ClN2O5S2. The maximum Gasteiger partial charge on any atom is 0.261 e. The van der Waals surface area contributed by atoms with Gasteiger partial charge in [0.05, 0.1) is 16.4 Å². The van der Waals surface area contributed by atoms with Gasteiger partial charge in [-0.05, 0) is 48.9 Å². The largest absolute Gasteiger partial charge is 0.348 e. The van der Waals surface area contributed by atoms with Gasteiger partial charge in [-0.1, -0.05) is 17.7 Å². The van der Waals surface area contributed by atoms with Crippen molar-refractivity contribution in [3.63, 3.8) is 0 Å². The van der Waals surface area contributed by atoms with Gasteiger partial charge in [-0.3, -0.25) is 9.52 Å². The number of amides is 1. The van der Waals surface area contributed by atoms with Crippen LogP contribution in [0.15, 0.2) is 53.4 Å². The maximum atomic E-state index is 12.4. The molecule has 3 rings (SSSR count). The van der Waals surface area contributed by atoms with Gasteiger partial charge >= 0.3 is 0 Å². The molecule has 0 aromatic heterocycles. The lowest BCUT2D eigenvalue weighted by molar-refractivity contribution is 0.0941. The molecule has 7 nitrogen and oxygen atoms in total. The van der Waals surface area contributed by atoms with Crippen LogP contribution in [0.2, 0.25) is 5.02 Å². The molecule has 144 valence electrons. The van der Waals surface area contributed by atoms with E-state index in [0.717, 1.165) is 0 Å². The second-order valence-corrected chi connectivity index (χ2v) is 10.6. The van der Waals surface area contributed by atoms with E-state index >= 15 is 0 Å². The van der Waals surface area contributed by atoms with E-state index in [1.54, 1.807) is 6.07 Å². The number of anilines is 1. The molecule has 1 aliphatic rings. The van der Waals surface area contributed by atoms with Crippen molar-refractivity contribution in [1.82, 2.24) is 5.32 Å². The average Bonchev–Trinajstić information content (AvgIpc) is 2.93. The van der Waals surface area contributed by atoms with Crippen LogP contribution < -0.4 is 10.0 Å². The highest BCUT2D eigenvalue weighted by Gasteiger charge is 2.29. The Hall–Kier alpha value is -2.10. The summed E-state index contributed by atoms with van der Waals surface area (Å²) in [6.45, 7) is 0. The molecule has 0 unspecified atom stereocenters. The van der Waals surface area contributed by atoms with Gasteiger partial charge in [-0.15, -0.1) is 0 Å². The summed E-state index contributed by atoms with van der Waals surface area (Å²) in [4.78, 5) is 12.4. The molecule has 0 spiro atoms. The van der Waals surface area contributed by atoms with E-state index in [2.05, 4.69) is 10.0 Å². The highest BCUT2D eigenvalue weighted by Crippen LogP contribution is 2.19. The molecule has 1 saturated heterocycles. The van der Waals surface area contributed by atoms with E-state index in [1.165, 1.54) is 42.5 Å². The van der Waals surface area contributed by atoms with Crippen molar-refractivity contribution >= 4 is 43.1 Å². The number of sulfone groups is 1. The van der Waals surface area contributed by atoms with E-state index in [9.17, 15) is 21.6 Å². The summed E-state index contributed by atoms with van der Waals surface area (Å²) in [5.41, 5.74) is 0.451. The third kappa shape index (κ3) is 5.00. The normalized spacial score (nSPS) is 18.8.